The Bertz CT molecular complexity index is 1370. The summed E-state index contributed by atoms with van der Waals surface area (Å²) >= 11 is 1.16. The molecule has 3 aromatic carbocycles. The lowest BCUT2D eigenvalue weighted by molar-refractivity contribution is -0.127. The van der Waals surface area contributed by atoms with E-state index < -0.39 is 0 Å². The summed E-state index contributed by atoms with van der Waals surface area (Å²) in [5.74, 6) is 0.0830. The molecule has 0 saturated carbocycles. The first-order chi connectivity index (χ1) is 16.0. The molecule has 0 aliphatic carbocycles. The number of carbonyl (C=O) groups is 1. The highest BCUT2D eigenvalue weighted by Crippen LogP contribution is 2.24. The summed E-state index contributed by atoms with van der Waals surface area (Å²) in [6.07, 6.45) is 0. The van der Waals surface area contributed by atoms with Crippen LogP contribution in [-0.4, -0.2) is 40.3 Å². The van der Waals surface area contributed by atoms with Crippen molar-refractivity contribution < 1.29 is 13.9 Å². The van der Waals surface area contributed by atoms with Gasteiger partial charge in [0.1, 0.15) is 11.6 Å². The van der Waals surface area contributed by atoms with Crippen LogP contribution in [0.4, 0.5) is 4.39 Å². The molecule has 0 aliphatic heterocycles. The largest absolute Gasteiger partial charge is 0.497 e. The van der Waals surface area contributed by atoms with Crippen molar-refractivity contribution in [1.82, 2.24) is 14.5 Å². The van der Waals surface area contributed by atoms with Gasteiger partial charge in [0.15, 0.2) is 5.16 Å². The van der Waals surface area contributed by atoms with Crippen molar-refractivity contribution in [2.24, 2.45) is 0 Å². The number of hydrogen-bond acceptors (Lipinski definition) is 5. The van der Waals surface area contributed by atoms with E-state index in [0.717, 1.165) is 11.8 Å². The van der Waals surface area contributed by atoms with Gasteiger partial charge in [0, 0.05) is 25.2 Å². The minimum Gasteiger partial charge on any atom is -0.497 e. The van der Waals surface area contributed by atoms with Crippen molar-refractivity contribution in [1.29, 1.82) is 0 Å². The molecule has 0 spiro atoms. The van der Waals surface area contributed by atoms with E-state index in [1.54, 1.807) is 74.8 Å². The summed E-state index contributed by atoms with van der Waals surface area (Å²) in [4.78, 5) is 32.2. The Labute approximate surface area is 194 Å². The number of rotatable bonds is 7. The second-order valence-corrected chi connectivity index (χ2v) is 8.33. The van der Waals surface area contributed by atoms with Crippen molar-refractivity contribution >= 4 is 28.6 Å². The lowest BCUT2D eigenvalue weighted by atomic mass is 10.2. The number of ether oxygens (including phenoxy) is 1. The molecule has 0 bridgehead atoms. The molecule has 33 heavy (non-hydrogen) atoms. The molecule has 0 unspecified atom stereocenters. The Morgan fingerprint density at radius 1 is 1.09 bits per heavy atom. The van der Waals surface area contributed by atoms with Gasteiger partial charge in [0.2, 0.25) is 5.91 Å². The maximum Gasteiger partial charge on any atom is 0.266 e. The van der Waals surface area contributed by atoms with E-state index in [9.17, 15) is 14.0 Å². The van der Waals surface area contributed by atoms with Crippen LogP contribution in [0.5, 0.6) is 5.75 Å². The van der Waals surface area contributed by atoms with Crippen LogP contribution >= 0.6 is 11.8 Å². The normalized spacial score (nSPS) is 10.9. The molecule has 168 valence electrons. The SMILES string of the molecule is COc1cccc(-n2c(SCC(=O)N(C)Cc3ccccc3F)nc3ccccc3c2=O)c1. The number of fused-ring (bicyclic) bond motifs is 1. The summed E-state index contributed by atoms with van der Waals surface area (Å²) in [7, 11) is 3.18. The van der Waals surface area contributed by atoms with Crippen LogP contribution in [0, 0.1) is 5.82 Å². The first-order valence-electron chi connectivity index (χ1n) is 10.2. The number of para-hydroxylation sites is 1. The molecule has 0 N–H and O–H groups in total. The molecule has 0 atom stereocenters. The van der Waals surface area contributed by atoms with Crippen LogP contribution in [-0.2, 0) is 11.3 Å². The van der Waals surface area contributed by atoms with Crippen LogP contribution in [0.25, 0.3) is 16.6 Å². The van der Waals surface area contributed by atoms with Gasteiger partial charge in [-0.1, -0.05) is 48.2 Å². The molecule has 4 rings (SSSR count). The molecule has 0 radical (unpaired) electrons. The number of hydrogen-bond donors (Lipinski definition) is 0. The van der Waals surface area contributed by atoms with E-state index >= 15 is 0 Å². The highest BCUT2D eigenvalue weighted by molar-refractivity contribution is 7.99. The quantitative estimate of drug-likeness (QED) is 0.302. The summed E-state index contributed by atoms with van der Waals surface area (Å²) in [5, 5.41) is 0.868. The summed E-state index contributed by atoms with van der Waals surface area (Å²) in [5.41, 5.74) is 1.35. The zero-order valence-electron chi connectivity index (χ0n) is 18.2. The number of nitrogens with zero attached hydrogens (tertiary/aromatic N) is 3. The van der Waals surface area contributed by atoms with E-state index in [4.69, 9.17) is 4.74 Å². The van der Waals surface area contributed by atoms with Crippen molar-refractivity contribution in [3.05, 3.63) is 94.5 Å². The monoisotopic (exact) mass is 463 g/mol. The number of amides is 1. The summed E-state index contributed by atoms with van der Waals surface area (Å²) < 4.78 is 20.7. The average molecular weight is 464 g/mol. The Balaban J connectivity index is 1.64. The maximum absolute atomic E-state index is 14.0. The van der Waals surface area contributed by atoms with Crippen molar-refractivity contribution in [3.63, 3.8) is 0 Å². The fraction of sp³-hybridized carbons (Fsp3) is 0.160. The molecular formula is C25H22FN3O3S. The predicted molar refractivity (Wildman–Crippen MR) is 127 cm³/mol. The summed E-state index contributed by atoms with van der Waals surface area (Å²) in [6.45, 7) is 0.153. The fourth-order valence-corrected chi connectivity index (χ4v) is 4.35. The van der Waals surface area contributed by atoms with Gasteiger partial charge in [-0.15, -0.1) is 0 Å². The van der Waals surface area contributed by atoms with Crippen molar-refractivity contribution in [2.75, 3.05) is 19.9 Å². The lowest BCUT2D eigenvalue weighted by Crippen LogP contribution is -2.29. The maximum atomic E-state index is 14.0. The third-order valence-electron chi connectivity index (χ3n) is 5.17. The standard InChI is InChI=1S/C25H22FN3O3S/c1-28(15-17-8-3-5-12-21(17)26)23(30)16-33-25-27-22-13-6-4-11-20(22)24(31)29(25)18-9-7-10-19(14-18)32-2/h3-14H,15-16H2,1-2H3. The highest BCUT2D eigenvalue weighted by Gasteiger charge is 2.17. The average Bonchev–Trinajstić information content (AvgIpc) is 2.84. The van der Waals surface area contributed by atoms with Gasteiger partial charge in [0.05, 0.1) is 29.5 Å². The fourth-order valence-electron chi connectivity index (χ4n) is 3.39. The third-order valence-corrected chi connectivity index (χ3v) is 6.10. The minimum atomic E-state index is -0.354. The van der Waals surface area contributed by atoms with Crippen LogP contribution in [0.3, 0.4) is 0 Å². The van der Waals surface area contributed by atoms with Crippen LogP contribution in [0.2, 0.25) is 0 Å². The molecule has 0 saturated heterocycles. The zero-order valence-corrected chi connectivity index (χ0v) is 19.0. The van der Waals surface area contributed by atoms with Gasteiger partial charge >= 0.3 is 0 Å². The zero-order chi connectivity index (χ0) is 23.4. The van der Waals surface area contributed by atoms with E-state index in [0.29, 0.717) is 33.1 Å². The Hall–Kier alpha value is -3.65. The van der Waals surface area contributed by atoms with Gasteiger partial charge in [-0.05, 0) is 30.3 Å². The number of benzene rings is 3. The van der Waals surface area contributed by atoms with Crippen molar-refractivity contribution in [2.45, 2.75) is 11.7 Å². The van der Waals surface area contributed by atoms with E-state index in [1.165, 1.54) is 15.5 Å². The second-order valence-electron chi connectivity index (χ2n) is 7.38. The molecule has 1 aromatic heterocycles. The van der Waals surface area contributed by atoms with E-state index in [-0.39, 0.29) is 29.6 Å². The Kier molecular flexibility index (Phi) is 6.74. The Morgan fingerprint density at radius 2 is 1.85 bits per heavy atom. The lowest BCUT2D eigenvalue weighted by Gasteiger charge is -2.18. The van der Waals surface area contributed by atoms with Gasteiger partial charge < -0.3 is 9.64 Å². The number of halogens is 1. The van der Waals surface area contributed by atoms with E-state index in [2.05, 4.69) is 4.98 Å². The molecule has 0 aliphatic rings. The van der Waals surface area contributed by atoms with E-state index in [1.807, 2.05) is 6.07 Å². The van der Waals surface area contributed by atoms with Crippen LogP contribution < -0.4 is 10.3 Å². The van der Waals surface area contributed by atoms with Gasteiger partial charge in [0.25, 0.3) is 5.56 Å². The van der Waals surface area contributed by atoms with Crippen LogP contribution in [0.15, 0.2) is 82.7 Å². The second kappa shape index (κ2) is 9.87. The Morgan fingerprint density at radius 3 is 2.64 bits per heavy atom. The predicted octanol–water partition coefficient (Wildman–Crippen LogP) is 4.28. The number of thioether (sulfide) groups is 1. The molecular weight excluding hydrogens is 441 g/mol. The molecule has 6 nitrogen and oxygen atoms in total. The molecule has 4 aromatic rings. The number of carbonyl (C=O) groups excluding carboxylic acids is 1. The summed E-state index contributed by atoms with van der Waals surface area (Å²) in [6, 6.07) is 20.6. The molecule has 1 amide bonds. The molecule has 0 fully saturated rings. The molecule has 1 heterocycles. The smallest absolute Gasteiger partial charge is 0.266 e. The van der Waals surface area contributed by atoms with Gasteiger partial charge in [-0.3, -0.25) is 14.2 Å². The number of aromatic nitrogens is 2. The highest BCUT2D eigenvalue weighted by atomic mass is 32.2. The van der Waals surface area contributed by atoms with Crippen LogP contribution in [0.1, 0.15) is 5.56 Å². The first-order valence-corrected chi connectivity index (χ1v) is 11.2. The molecule has 8 heteroatoms. The van der Waals surface area contributed by atoms with Crippen molar-refractivity contribution in [3.8, 4) is 11.4 Å². The van der Waals surface area contributed by atoms with Gasteiger partial charge in [-0.25, -0.2) is 9.37 Å². The topological polar surface area (TPSA) is 64.4 Å². The third kappa shape index (κ3) is 4.90. The van der Waals surface area contributed by atoms with Gasteiger partial charge in [-0.2, -0.15) is 0 Å². The number of methoxy groups -OCH3 is 1. The first kappa shape index (κ1) is 22.5. The minimum absolute atomic E-state index is 0.0414.